The third kappa shape index (κ3) is 4.51. The largest absolute Gasteiger partial charge is 0.477 e. The van der Waals surface area contributed by atoms with Gasteiger partial charge in [-0.05, 0) is 31.1 Å². The predicted octanol–water partition coefficient (Wildman–Crippen LogP) is 2.57. The summed E-state index contributed by atoms with van der Waals surface area (Å²) in [6.45, 7) is 3.61. The van der Waals surface area contributed by atoms with Crippen LogP contribution < -0.4 is 0 Å². The average molecular weight is 233 g/mol. The fourth-order valence-electron chi connectivity index (χ4n) is 1.15. The first kappa shape index (κ1) is 13.0. The second-order valence-electron chi connectivity index (χ2n) is 3.53. The lowest BCUT2D eigenvalue weighted by atomic mass is 10.1. The van der Waals surface area contributed by atoms with Crippen LogP contribution in [0.3, 0.4) is 0 Å². The summed E-state index contributed by atoms with van der Waals surface area (Å²) >= 11 is 0. The summed E-state index contributed by atoms with van der Waals surface area (Å²) in [5, 5.41) is 12.0. The van der Waals surface area contributed by atoms with E-state index < -0.39 is 5.97 Å². The van der Waals surface area contributed by atoms with Crippen LogP contribution in [0.2, 0.25) is 0 Å². The van der Waals surface area contributed by atoms with Crippen molar-refractivity contribution in [1.82, 2.24) is 0 Å². The quantitative estimate of drug-likeness (QED) is 0.483. The summed E-state index contributed by atoms with van der Waals surface area (Å²) in [7, 11) is 0. The predicted molar refractivity (Wildman–Crippen MR) is 66.8 cm³/mol. The van der Waals surface area contributed by atoms with E-state index >= 15 is 0 Å². The number of aliphatic carboxylic acids is 1. The molecule has 1 N–H and O–H groups in total. The lowest BCUT2D eigenvalue weighted by Gasteiger charge is -2.01. The van der Waals surface area contributed by atoms with Crippen LogP contribution >= 0.6 is 0 Å². The number of nitrogens with zero attached hydrogens (tertiary/aromatic N) is 1. The van der Waals surface area contributed by atoms with Gasteiger partial charge in [-0.2, -0.15) is 0 Å². The molecule has 0 spiro atoms. The van der Waals surface area contributed by atoms with Crippen LogP contribution in [-0.4, -0.2) is 23.4 Å². The molecular formula is C13H15NO3. The molecule has 0 unspecified atom stereocenters. The fraction of sp³-hybridized carbons (Fsp3) is 0.231. The summed E-state index contributed by atoms with van der Waals surface area (Å²) in [6.07, 6.45) is 1.86. The maximum Gasteiger partial charge on any atom is 0.353 e. The highest BCUT2D eigenvalue weighted by atomic mass is 16.6. The van der Waals surface area contributed by atoms with E-state index in [9.17, 15) is 4.79 Å². The summed E-state index contributed by atoms with van der Waals surface area (Å²) in [6, 6.07) is 9.86. The van der Waals surface area contributed by atoms with Crippen molar-refractivity contribution < 1.29 is 14.7 Å². The van der Waals surface area contributed by atoms with Crippen molar-refractivity contribution in [2.75, 3.05) is 6.61 Å². The number of oxime groups is 1. The lowest BCUT2D eigenvalue weighted by molar-refractivity contribution is -0.129. The Balaban J connectivity index is 2.50. The van der Waals surface area contributed by atoms with E-state index in [1.165, 1.54) is 6.92 Å². The van der Waals surface area contributed by atoms with Gasteiger partial charge in [0.1, 0.15) is 6.61 Å². The molecule has 1 aromatic carbocycles. The van der Waals surface area contributed by atoms with E-state index in [0.29, 0.717) is 0 Å². The molecule has 0 fully saturated rings. The van der Waals surface area contributed by atoms with Crippen LogP contribution in [0, 0.1) is 0 Å². The highest BCUT2D eigenvalue weighted by Gasteiger charge is 2.00. The van der Waals surface area contributed by atoms with E-state index in [1.807, 2.05) is 43.3 Å². The van der Waals surface area contributed by atoms with Gasteiger partial charge in [0.25, 0.3) is 0 Å². The first-order chi connectivity index (χ1) is 8.11. The molecule has 0 saturated carbocycles. The van der Waals surface area contributed by atoms with Gasteiger partial charge in [0.2, 0.25) is 0 Å². The molecule has 0 amide bonds. The minimum Gasteiger partial charge on any atom is -0.477 e. The van der Waals surface area contributed by atoms with Crippen molar-refractivity contribution in [3.63, 3.8) is 0 Å². The van der Waals surface area contributed by atoms with E-state index in [4.69, 9.17) is 9.94 Å². The maximum absolute atomic E-state index is 10.4. The van der Waals surface area contributed by atoms with Crippen LogP contribution in [0.1, 0.15) is 19.4 Å². The van der Waals surface area contributed by atoms with Crippen molar-refractivity contribution in [3.05, 3.63) is 42.0 Å². The summed E-state index contributed by atoms with van der Waals surface area (Å²) < 4.78 is 0. The monoisotopic (exact) mass is 233 g/mol. The molecule has 4 nitrogen and oxygen atoms in total. The van der Waals surface area contributed by atoms with Crippen LogP contribution in [0.15, 0.2) is 41.6 Å². The Morgan fingerprint density at radius 1 is 1.35 bits per heavy atom. The Hall–Kier alpha value is -2.10. The van der Waals surface area contributed by atoms with Crippen LogP contribution in [-0.2, 0) is 9.63 Å². The Morgan fingerprint density at radius 3 is 2.59 bits per heavy atom. The van der Waals surface area contributed by atoms with Crippen molar-refractivity contribution in [2.45, 2.75) is 13.8 Å². The number of benzene rings is 1. The van der Waals surface area contributed by atoms with Crippen LogP contribution in [0.25, 0.3) is 5.57 Å². The van der Waals surface area contributed by atoms with Crippen LogP contribution in [0.4, 0.5) is 0 Å². The molecule has 17 heavy (non-hydrogen) atoms. The molecule has 0 atom stereocenters. The molecule has 0 aliphatic rings. The average Bonchev–Trinajstić information content (AvgIpc) is 2.35. The molecule has 0 bridgehead atoms. The first-order valence-electron chi connectivity index (χ1n) is 5.23. The molecule has 90 valence electrons. The molecule has 1 aromatic rings. The Morgan fingerprint density at radius 2 is 2.00 bits per heavy atom. The number of carboxylic acids is 1. The molecule has 4 heteroatoms. The summed E-state index contributed by atoms with van der Waals surface area (Å²) in [5.74, 6) is -1.08. The molecule has 0 saturated heterocycles. The van der Waals surface area contributed by atoms with E-state index in [-0.39, 0.29) is 12.3 Å². The van der Waals surface area contributed by atoms with Crippen molar-refractivity contribution in [2.24, 2.45) is 5.16 Å². The standard InChI is InChI=1S/C13H15NO3/c1-10(12-6-4-3-5-7-12)8-9-17-14-11(2)13(15)16/h3-8H,9H2,1-2H3,(H,15,16). The number of rotatable bonds is 5. The Labute approximate surface area is 100 Å². The highest BCUT2D eigenvalue weighted by Crippen LogP contribution is 2.12. The second-order valence-corrected chi connectivity index (χ2v) is 3.53. The van der Waals surface area contributed by atoms with Gasteiger partial charge >= 0.3 is 5.97 Å². The number of hydrogen-bond donors (Lipinski definition) is 1. The lowest BCUT2D eigenvalue weighted by Crippen LogP contribution is -2.08. The van der Waals surface area contributed by atoms with Gasteiger partial charge in [-0.1, -0.05) is 35.5 Å². The smallest absolute Gasteiger partial charge is 0.353 e. The minimum atomic E-state index is -1.08. The Bertz CT molecular complexity index is 435. The normalized spacial score (nSPS) is 12.4. The SMILES string of the molecule is CC(=CCON=C(C)C(=O)O)c1ccccc1. The zero-order chi connectivity index (χ0) is 12.7. The number of allylic oxidation sites excluding steroid dienone is 1. The molecule has 0 radical (unpaired) electrons. The summed E-state index contributed by atoms with van der Waals surface area (Å²) in [5.41, 5.74) is 2.11. The van der Waals surface area contributed by atoms with E-state index in [1.54, 1.807) is 0 Å². The maximum atomic E-state index is 10.4. The zero-order valence-corrected chi connectivity index (χ0v) is 9.88. The molecule has 0 aliphatic heterocycles. The van der Waals surface area contributed by atoms with Gasteiger partial charge < -0.3 is 9.94 Å². The fourth-order valence-corrected chi connectivity index (χ4v) is 1.15. The third-order valence-corrected chi connectivity index (χ3v) is 2.20. The highest BCUT2D eigenvalue weighted by molar-refractivity contribution is 6.34. The molecule has 0 aromatic heterocycles. The molecule has 0 heterocycles. The minimum absolute atomic E-state index is 0.0595. The number of carboxylic acid groups (broad SMARTS) is 1. The van der Waals surface area contributed by atoms with Gasteiger partial charge in [-0.25, -0.2) is 4.79 Å². The van der Waals surface area contributed by atoms with Crippen LogP contribution in [0.5, 0.6) is 0 Å². The Kier molecular flexibility index (Phi) is 4.94. The van der Waals surface area contributed by atoms with Gasteiger partial charge in [0.15, 0.2) is 5.71 Å². The van der Waals surface area contributed by atoms with Gasteiger partial charge in [0.05, 0.1) is 0 Å². The van der Waals surface area contributed by atoms with Gasteiger partial charge in [0, 0.05) is 0 Å². The first-order valence-corrected chi connectivity index (χ1v) is 5.23. The molecular weight excluding hydrogens is 218 g/mol. The number of hydrogen-bond acceptors (Lipinski definition) is 3. The zero-order valence-electron chi connectivity index (χ0n) is 9.88. The molecule has 0 aliphatic carbocycles. The topological polar surface area (TPSA) is 58.9 Å². The summed E-state index contributed by atoms with van der Waals surface area (Å²) in [4.78, 5) is 15.3. The van der Waals surface area contributed by atoms with Crippen molar-refractivity contribution in [3.8, 4) is 0 Å². The second kappa shape index (κ2) is 6.48. The van der Waals surface area contributed by atoms with E-state index in [0.717, 1.165) is 11.1 Å². The molecule has 1 rings (SSSR count). The van der Waals surface area contributed by atoms with Gasteiger partial charge in [-0.15, -0.1) is 0 Å². The number of carbonyl (C=O) groups is 1. The van der Waals surface area contributed by atoms with Crippen molar-refractivity contribution in [1.29, 1.82) is 0 Å². The van der Waals surface area contributed by atoms with Gasteiger partial charge in [-0.3, -0.25) is 0 Å². The van der Waals surface area contributed by atoms with E-state index in [2.05, 4.69) is 5.16 Å². The van der Waals surface area contributed by atoms with Crippen molar-refractivity contribution >= 4 is 17.3 Å². The third-order valence-electron chi connectivity index (χ3n) is 2.20.